The van der Waals surface area contributed by atoms with E-state index in [0.29, 0.717) is 43.7 Å². The molecule has 0 aliphatic heterocycles. The summed E-state index contributed by atoms with van der Waals surface area (Å²) in [7, 11) is 0. The van der Waals surface area contributed by atoms with Gasteiger partial charge in [0.1, 0.15) is 10.3 Å². The molecule has 3 aromatic heterocycles. The molecule has 2 aliphatic carbocycles. The summed E-state index contributed by atoms with van der Waals surface area (Å²) >= 11 is 9.66. The number of halogens is 2. The van der Waals surface area contributed by atoms with Crippen molar-refractivity contribution in [3.8, 4) is 5.82 Å². The van der Waals surface area contributed by atoms with Gasteiger partial charge in [-0.25, -0.2) is 9.67 Å². The van der Waals surface area contributed by atoms with E-state index < -0.39 is 5.91 Å². The number of pyridine rings is 1. The molecule has 4 aromatic rings. The summed E-state index contributed by atoms with van der Waals surface area (Å²) in [5.74, 6) is 0.0830. The third-order valence-corrected chi connectivity index (χ3v) is 7.50. The Kier molecular flexibility index (Phi) is 5.45. The minimum Gasteiger partial charge on any atom is -0.346 e. The fourth-order valence-corrected chi connectivity index (χ4v) is 5.29. The highest BCUT2D eigenvalue weighted by atomic mass is 79.9. The number of H-pyrrole nitrogens is 1. The van der Waals surface area contributed by atoms with Gasteiger partial charge < -0.3 is 10.6 Å². The predicted octanol–water partition coefficient (Wildman–Crippen LogP) is 5.13. The number of fused-ring (bicyclic) bond motifs is 1. The van der Waals surface area contributed by atoms with Crippen LogP contribution in [0.15, 0.2) is 47.8 Å². The Morgan fingerprint density at radius 1 is 1.28 bits per heavy atom. The molecule has 0 atom stereocenters. The van der Waals surface area contributed by atoms with Crippen LogP contribution >= 0.6 is 27.5 Å². The lowest BCUT2D eigenvalue weighted by molar-refractivity contribution is 0.0928. The van der Waals surface area contributed by atoms with Crippen molar-refractivity contribution < 1.29 is 9.59 Å². The smallest absolute Gasteiger partial charge is 0.274 e. The standard InChI is InChI=1S/C25H21BrClN7O2/c1-2-13-10-14-12-29-32-21(14)19(24(36)31-25(7-8-25)15-5-6-15)20(13)30-23(35)17-11-18(26)33-34(17)22-16(27)4-3-9-28-22/h2-4,9-12,15H,1,5-8H2,(H,29,32)(H,30,35)(H,31,36). The third-order valence-electron chi connectivity index (χ3n) is 6.82. The number of aromatic amines is 1. The molecule has 3 heterocycles. The number of hydrogen-bond donors (Lipinski definition) is 3. The number of hydrogen-bond acceptors (Lipinski definition) is 5. The first kappa shape index (κ1) is 22.9. The Labute approximate surface area is 219 Å². The van der Waals surface area contributed by atoms with E-state index in [0.717, 1.165) is 31.1 Å². The second-order valence-corrected chi connectivity index (χ2v) is 10.4. The maximum Gasteiger partial charge on any atom is 0.274 e. The molecule has 6 rings (SSSR count). The van der Waals surface area contributed by atoms with E-state index in [1.54, 1.807) is 36.7 Å². The van der Waals surface area contributed by atoms with E-state index in [1.165, 1.54) is 4.68 Å². The van der Waals surface area contributed by atoms with Gasteiger partial charge in [-0.05, 0) is 71.3 Å². The molecule has 36 heavy (non-hydrogen) atoms. The molecule has 0 unspecified atom stereocenters. The predicted molar refractivity (Wildman–Crippen MR) is 140 cm³/mol. The zero-order valence-corrected chi connectivity index (χ0v) is 21.4. The van der Waals surface area contributed by atoms with E-state index in [-0.39, 0.29) is 17.1 Å². The Bertz CT molecular complexity index is 1550. The lowest BCUT2D eigenvalue weighted by atomic mass is 10.0. The van der Waals surface area contributed by atoms with E-state index in [2.05, 4.69) is 53.4 Å². The van der Waals surface area contributed by atoms with Gasteiger partial charge in [-0.2, -0.15) is 10.2 Å². The fourth-order valence-electron chi connectivity index (χ4n) is 4.72. The number of anilines is 1. The van der Waals surface area contributed by atoms with Crippen LogP contribution in [-0.2, 0) is 0 Å². The van der Waals surface area contributed by atoms with Crippen LogP contribution in [-0.4, -0.2) is 42.3 Å². The quantitative estimate of drug-likeness (QED) is 0.287. The molecule has 0 saturated heterocycles. The number of carbonyl (C=O) groups excluding carboxylic acids is 2. The fraction of sp³-hybridized carbons (Fsp3) is 0.240. The van der Waals surface area contributed by atoms with Crippen molar-refractivity contribution in [3.05, 3.63) is 69.7 Å². The van der Waals surface area contributed by atoms with E-state index in [1.807, 2.05) is 6.07 Å². The largest absolute Gasteiger partial charge is 0.346 e. The van der Waals surface area contributed by atoms with Gasteiger partial charge >= 0.3 is 0 Å². The highest BCUT2D eigenvalue weighted by molar-refractivity contribution is 9.10. The maximum absolute atomic E-state index is 13.7. The van der Waals surface area contributed by atoms with Crippen LogP contribution in [0.2, 0.25) is 5.02 Å². The average Bonchev–Trinajstić information content (AvgIpc) is 3.77. The monoisotopic (exact) mass is 565 g/mol. The molecule has 0 radical (unpaired) electrons. The summed E-state index contributed by atoms with van der Waals surface area (Å²) in [6.07, 6.45) is 9.02. The zero-order chi connectivity index (χ0) is 25.0. The zero-order valence-electron chi connectivity index (χ0n) is 19.0. The summed E-state index contributed by atoms with van der Waals surface area (Å²) < 4.78 is 1.79. The van der Waals surface area contributed by atoms with Gasteiger partial charge in [0, 0.05) is 23.2 Å². The Morgan fingerprint density at radius 3 is 2.78 bits per heavy atom. The Hall–Kier alpha value is -3.50. The lowest BCUT2D eigenvalue weighted by Crippen LogP contribution is -2.39. The summed E-state index contributed by atoms with van der Waals surface area (Å²) in [6.45, 7) is 3.90. The van der Waals surface area contributed by atoms with E-state index >= 15 is 0 Å². The molecule has 1 aromatic carbocycles. The summed E-state index contributed by atoms with van der Waals surface area (Å²) in [6, 6.07) is 6.75. The van der Waals surface area contributed by atoms with Crippen molar-refractivity contribution in [2.24, 2.45) is 5.92 Å². The summed E-state index contributed by atoms with van der Waals surface area (Å²) in [4.78, 5) is 31.6. The molecule has 182 valence electrons. The maximum atomic E-state index is 13.7. The average molecular weight is 567 g/mol. The number of aromatic nitrogens is 5. The minimum atomic E-state index is -0.491. The van der Waals surface area contributed by atoms with Crippen LogP contribution in [0.5, 0.6) is 0 Å². The third kappa shape index (κ3) is 3.90. The number of nitrogens with zero attached hydrogens (tertiary/aromatic N) is 4. The topological polar surface area (TPSA) is 118 Å². The van der Waals surface area contributed by atoms with Crippen molar-refractivity contribution in [2.45, 2.75) is 31.2 Å². The van der Waals surface area contributed by atoms with Crippen molar-refractivity contribution >= 4 is 62.0 Å². The second-order valence-electron chi connectivity index (χ2n) is 9.17. The molecule has 11 heteroatoms. The second kappa shape index (κ2) is 8.56. The van der Waals surface area contributed by atoms with Gasteiger partial charge in [0.05, 0.1) is 28.0 Å². The molecule has 2 amide bonds. The highest BCUT2D eigenvalue weighted by Crippen LogP contribution is 2.54. The van der Waals surface area contributed by atoms with Gasteiger partial charge in [-0.1, -0.05) is 24.3 Å². The van der Waals surface area contributed by atoms with Crippen LogP contribution in [0.1, 0.15) is 52.1 Å². The summed E-state index contributed by atoms with van der Waals surface area (Å²) in [5, 5.41) is 18.7. The first-order valence-corrected chi connectivity index (χ1v) is 12.7. The van der Waals surface area contributed by atoms with Crippen LogP contribution in [0, 0.1) is 5.92 Å². The highest BCUT2D eigenvalue weighted by Gasteiger charge is 2.55. The van der Waals surface area contributed by atoms with Crippen molar-refractivity contribution in [1.82, 2.24) is 30.3 Å². The lowest BCUT2D eigenvalue weighted by Gasteiger charge is -2.20. The van der Waals surface area contributed by atoms with Crippen LogP contribution in [0.4, 0.5) is 5.69 Å². The van der Waals surface area contributed by atoms with Gasteiger partial charge in [-0.3, -0.25) is 14.7 Å². The molecule has 2 saturated carbocycles. The molecular formula is C25H21BrClN7O2. The van der Waals surface area contributed by atoms with Crippen molar-refractivity contribution in [2.75, 3.05) is 5.32 Å². The van der Waals surface area contributed by atoms with Crippen molar-refractivity contribution in [3.63, 3.8) is 0 Å². The summed E-state index contributed by atoms with van der Waals surface area (Å²) in [5.41, 5.74) is 1.84. The van der Waals surface area contributed by atoms with Crippen LogP contribution < -0.4 is 10.6 Å². The molecule has 2 fully saturated rings. The van der Waals surface area contributed by atoms with Gasteiger partial charge in [0.25, 0.3) is 11.8 Å². The number of nitrogens with one attached hydrogen (secondary N) is 3. The number of carbonyl (C=O) groups is 2. The molecule has 2 aliphatic rings. The Balaban J connectivity index is 1.42. The first-order chi connectivity index (χ1) is 17.4. The number of rotatable bonds is 7. The molecule has 0 bridgehead atoms. The van der Waals surface area contributed by atoms with E-state index in [9.17, 15) is 9.59 Å². The molecule has 0 spiro atoms. The van der Waals surface area contributed by atoms with Crippen LogP contribution in [0.3, 0.4) is 0 Å². The number of amides is 2. The van der Waals surface area contributed by atoms with Crippen LogP contribution in [0.25, 0.3) is 22.8 Å². The van der Waals surface area contributed by atoms with Gasteiger partial charge in [-0.15, -0.1) is 0 Å². The first-order valence-electron chi connectivity index (χ1n) is 11.5. The SMILES string of the molecule is C=Cc1cc2cn[nH]c2c(C(=O)NC2(C3CC3)CC2)c1NC(=O)c1cc(Br)nn1-c1ncccc1Cl. The minimum absolute atomic E-state index is 0.145. The number of benzene rings is 1. The van der Waals surface area contributed by atoms with Crippen molar-refractivity contribution in [1.29, 1.82) is 0 Å². The molecule has 3 N–H and O–H groups in total. The molecular weight excluding hydrogens is 546 g/mol. The van der Waals surface area contributed by atoms with E-state index in [4.69, 9.17) is 11.6 Å². The van der Waals surface area contributed by atoms with Gasteiger partial charge in [0.2, 0.25) is 0 Å². The van der Waals surface area contributed by atoms with Gasteiger partial charge in [0.15, 0.2) is 5.82 Å². The normalized spacial score (nSPS) is 16.1. The Morgan fingerprint density at radius 2 is 2.08 bits per heavy atom. The molecule has 9 nitrogen and oxygen atoms in total.